The van der Waals surface area contributed by atoms with Crippen molar-refractivity contribution < 1.29 is 14.3 Å². The van der Waals surface area contributed by atoms with Gasteiger partial charge in [0.2, 0.25) is 0 Å². The second-order valence-corrected chi connectivity index (χ2v) is 7.89. The van der Waals surface area contributed by atoms with E-state index in [2.05, 4.69) is 6.08 Å². The monoisotopic (exact) mass is 274 g/mol. The summed E-state index contributed by atoms with van der Waals surface area (Å²) in [6, 6.07) is 0. The molecule has 0 aromatic carbocycles. The zero-order valence-electron chi connectivity index (χ0n) is 11.8. The van der Waals surface area contributed by atoms with Gasteiger partial charge in [-0.3, -0.25) is 4.79 Å². The molecule has 2 heterocycles. The van der Waals surface area contributed by atoms with E-state index in [-0.39, 0.29) is 29.7 Å². The highest BCUT2D eigenvalue weighted by molar-refractivity contribution is 5.75. The second kappa shape index (κ2) is 3.88. The fraction of sp³-hybridized carbons (Fsp3) is 0.824. The van der Waals surface area contributed by atoms with E-state index < -0.39 is 0 Å². The van der Waals surface area contributed by atoms with E-state index in [1.54, 1.807) is 0 Å². The van der Waals surface area contributed by atoms with Crippen molar-refractivity contribution in [3.63, 3.8) is 0 Å². The van der Waals surface area contributed by atoms with Gasteiger partial charge in [-0.25, -0.2) is 0 Å². The molecular weight excluding hydrogens is 252 g/mol. The summed E-state index contributed by atoms with van der Waals surface area (Å²) in [6.07, 6.45) is 12.6. The minimum atomic E-state index is -0.0998. The Morgan fingerprint density at radius 1 is 1.00 bits per heavy atom. The van der Waals surface area contributed by atoms with Crippen LogP contribution in [0.2, 0.25) is 0 Å². The summed E-state index contributed by atoms with van der Waals surface area (Å²) in [7, 11) is 0. The summed E-state index contributed by atoms with van der Waals surface area (Å²) < 4.78 is 11.8. The average Bonchev–Trinajstić information content (AvgIpc) is 2.98. The van der Waals surface area contributed by atoms with Crippen LogP contribution in [-0.2, 0) is 14.3 Å². The zero-order valence-corrected chi connectivity index (χ0v) is 11.8. The van der Waals surface area contributed by atoms with Crippen LogP contribution >= 0.6 is 0 Å². The molecule has 0 N–H and O–H groups in total. The molecular formula is C17H22O3. The SMILES string of the molecule is O=C(OC12CC3CC(CC(C3)C1)C2)C1CC2C=CC1O2. The number of hydrogen-bond donors (Lipinski definition) is 0. The molecule has 6 aliphatic rings. The fourth-order valence-corrected chi connectivity index (χ4v) is 5.95. The van der Waals surface area contributed by atoms with Crippen LogP contribution in [0.5, 0.6) is 0 Å². The molecule has 3 atom stereocenters. The number of esters is 1. The lowest BCUT2D eigenvalue weighted by Crippen LogP contribution is -2.53. The van der Waals surface area contributed by atoms with Crippen LogP contribution in [0.4, 0.5) is 0 Å². The summed E-state index contributed by atoms with van der Waals surface area (Å²) in [5, 5.41) is 0. The molecule has 0 radical (unpaired) electrons. The fourth-order valence-electron chi connectivity index (χ4n) is 5.95. The number of carbonyl (C=O) groups is 1. The van der Waals surface area contributed by atoms with Crippen LogP contribution in [0.1, 0.15) is 44.9 Å². The van der Waals surface area contributed by atoms with Gasteiger partial charge in [-0.15, -0.1) is 0 Å². The third-order valence-corrected chi connectivity index (χ3v) is 6.33. The van der Waals surface area contributed by atoms with E-state index in [4.69, 9.17) is 9.47 Å². The van der Waals surface area contributed by atoms with Crippen LogP contribution in [0, 0.1) is 23.7 Å². The molecule has 4 aliphatic carbocycles. The number of fused-ring (bicyclic) bond motifs is 2. The van der Waals surface area contributed by atoms with Crippen LogP contribution in [0.15, 0.2) is 12.2 Å². The number of carbonyl (C=O) groups excluding carboxylic acids is 1. The molecule has 108 valence electrons. The Labute approximate surface area is 119 Å². The Morgan fingerprint density at radius 3 is 2.15 bits per heavy atom. The van der Waals surface area contributed by atoms with E-state index in [9.17, 15) is 4.79 Å². The molecule has 0 aromatic heterocycles. The second-order valence-electron chi connectivity index (χ2n) is 7.89. The normalized spacial score (nSPS) is 54.6. The van der Waals surface area contributed by atoms with Gasteiger partial charge in [0.1, 0.15) is 5.60 Å². The smallest absolute Gasteiger partial charge is 0.312 e. The largest absolute Gasteiger partial charge is 0.459 e. The van der Waals surface area contributed by atoms with Gasteiger partial charge < -0.3 is 9.47 Å². The maximum absolute atomic E-state index is 12.6. The number of hydrogen-bond acceptors (Lipinski definition) is 3. The van der Waals surface area contributed by atoms with Gasteiger partial charge in [0.05, 0.1) is 18.1 Å². The molecule has 0 aromatic rings. The molecule has 0 amide bonds. The van der Waals surface area contributed by atoms with Crippen molar-refractivity contribution in [2.24, 2.45) is 23.7 Å². The van der Waals surface area contributed by atoms with Crippen molar-refractivity contribution in [2.75, 3.05) is 0 Å². The Morgan fingerprint density at radius 2 is 1.65 bits per heavy atom. The lowest BCUT2D eigenvalue weighted by Gasteiger charge is -2.55. The molecule has 6 bridgehead atoms. The van der Waals surface area contributed by atoms with Crippen molar-refractivity contribution in [1.82, 2.24) is 0 Å². The molecule has 4 saturated carbocycles. The third-order valence-electron chi connectivity index (χ3n) is 6.33. The van der Waals surface area contributed by atoms with Gasteiger partial charge in [-0.1, -0.05) is 12.2 Å². The van der Waals surface area contributed by atoms with Gasteiger partial charge in [-0.2, -0.15) is 0 Å². The maximum atomic E-state index is 12.6. The van der Waals surface area contributed by atoms with Gasteiger partial charge in [0, 0.05) is 0 Å². The topological polar surface area (TPSA) is 35.5 Å². The summed E-state index contributed by atoms with van der Waals surface area (Å²) in [6.45, 7) is 0. The average molecular weight is 274 g/mol. The highest BCUT2D eigenvalue weighted by atomic mass is 16.6. The summed E-state index contributed by atoms with van der Waals surface area (Å²) in [5.41, 5.74) is -0.0998. The lowest BCUT2D eigenvalue weighted by atomic mass is 9.54. The Balaban J connectivity index is 1.34. The molecule has 0 spiro atoms. The maximum Gasteiger partial charge on any atom is 0.312 e. The van der Waals surface area contributed by atoms with Crippen LogP contribution in [-0.4, -0.2) is 23.8 Å². The highest BCUT2D eigenvalue weighted by Gasteiger charge is 2.54. The Hall–Kier alpha value is -0.830. The van der Waals surface area contributed by atoms with E-state index in [0.717, 1.165) is 43.4 Å². The first-order valence-corrected chi connectivity index (χ1v) is 8.26. The summed E-state index contributed by atoms with van der Waals surface area (Å²) in [4.78, 5) is 12.6. The quantitative estimate of drug-likeness (QED) is 0.574. The summed E-state index contributed by atoms with van der Waals surface area (Å²) in [5.74, 6) is 2.45. The highest BCUT2D eigenvalue weighted by Crippen LogP contribution is 2.57. The van der Waals surface area contributed by atoms with Crippen LogP contribution in [0.3, 0.4) is 0 Å². The molecule has 3 unspecified atom stereocenters. The molecule has 20 heavy (non-hydrogen) atoms. The van der Waals surface area contributed by atoms with Crippen molar-refractivity contribution in [3.8, 4) is 0 Å². The molecule has 5 fully saturated rings. The van der Waals surface area contributed by atoms with E-state index in [1.165, 1.54) is 19.3 Å². The Kier molecular flexibility index (Phi) is 2.29. The van der Waals surface area contributed by atoms with E-state index >= 15 is 0 Å². The lowest BCUT2D eigenvalue weighted by molar-refractivity contribution is -0.191. The first-order chi connectivity index (χ1) is 9.69. The van der Waals surface area contributed by atoms with Crippen molar-refractivity contribution >= 4 is 5.97 Å². The van der Waals surface area contributed by atoms with Crippen molar-refractivity contribution in [1.29, 1.82) is 0 Å². The first kappa shape index (κ1) is 11.8. The molecule has 1 saturated heterocycles. The van der Waals surface area contributed by atoms with E-state index in [0.29, 0.717) is 0 Å². The van der Waals surface area contributed by atoms with Gasteiger partial charge in [0.15, 0.2) is 0 Å². The minimum absolute atomic E-state index is 0.0126. The van der Waals surface area contributed by atoms with Crippen LogP contribution in [0.25, 0.3) is 0 Å². The molecule has 3 heteroatoms. The molecule has 6 rings (SSSR count). The number of rotatable bonds is 2. The summed E-state index contributed by atoms with van der Waals surface area (Å²) >= 11 is 0. The van der Waals surface area contributed by atoms with Gasteiger partial charge in [-0.05, 0) is 62.7 Å². The van der Waals surface area contributed by atoms with E-state index in [1.807, 2.05) is 6.08 Å². The predicted molar refractivity (Wildman–Crippen MR) is 72.9 cm³/mol. The Bertz CT molecular complexity index is 445. The molecule has 2 aliphatic heterocycles. The zero-order chi connectivity index (χ0) is 13.3. The van der Waals surface area contributed by atoms with Gasteiger partial charge in [0.25, 0.3) is 0 Å². The van der Waals surface area contributed by atoms with Crippen molar-refractivity contribution in [2.45, 2.75) is 62.8 Å². The first-order valence-electron chi connectivity index (χ1n) is 8.26. The standard InChI is InChI=1S/C17H22O3/c18-16(14-6-13-1-2-15(14)19-13)20-17-7-10-3-11(8-17)5-12(4-10)9-17/h1-2,10-15H,3-9H2. The molecule has 3 nitrogen and oxygen atoms in total. The van der Waals surface area contributed by atoms with Crippen molar-refractivity contribution in [3.05, 3.63) is 12.2 Å². The number of ether oxygens (including phenoxy) is 2. The van der Waals surface area contributed by atoms with Crippen LogP contribution < -0.4 is 0 Å². The third kappa shape index (κ3) is 1.65. The van der Waals surface area contributed by atoms with Gasteiger partial charge >= 0.3 is 5.97 Å². The minimum Gasteiger partial charge on any atom is -0.459 e. The predicted octanol–water partition coefficient (Wildman–Crippen LogP) is 2.84.